The molecule has 0 aromatic heterocycles. The minimum absolute atomic E-state index is 0.0613. The largest absolute Gasteiger partial charge is 0.464 e. The predicted molar refractivity (Wildman–Crippen MR) is 47.2 cm³/mol. The minimum Gasteiger partial charge on any atom is -0.464 e. The monoisotopic (exact) mass is 160 g/mol. The Kier molecular flexibility index (Phi) is 1.82. The van der Waals surface area contributed by atoms with Crippen molar-refractivity contribution in [2.45, 2.75) is 19.1 Å². The Morgan fingerprint density at radius 1 is 1.33 bits per heavy atom. The van der Waals surface area contributed by atoms with Gasteiger partial charge < -0.3 is 4.74 Å². The highest BCUT2D eigenvalue weighted by Gasteiger charge is 2.23. The lowest BCUT2D eigenvalue weighted by molar-refractivity contribution is 0.210. The van der Waals surface area contributed by atoms with E-state index in [1.807, 2.05) is 37.3 Å². The minimum atomic E-state index is 0.0613. The molecule has 2 atom stereocenters. The molecule has 2 nitrogen and oxygen atoms in total. The van der Waals surface area contributed by atoms with Gasteiger partial charge in [-0.15, -0.1) is 0 Å². The lowest BCUT2D eigenvalue weighted by Crippen LogP contribution is -2.08. The van der Waals surface area contributed by atoms with Crippen molar-refractivity contribution >= 4 is 6.40 Å². The molecule has 0 N–H and O–H groups in total. The fraction of sp³-hybridized carbons (Fsp3) is 0.300. The van der Waals surface area contributed by atoms with Gasteiger partial charge in [-0.25, -0.2) is 4.99 Å². The first kappa shape index (κ1) is 7.35. The molecule has 2 unspecified atom stereocenters. The third kappa shape index (κ3) is 1.20. The quantitative estimate of drug-likeness (QED) is 0.616. The highest BCUT2D eigenvalue weighted by molar-refractivity contribution is 5.50. The van der Waals surface area contributed by atoms with Crippen molar-refractivity contribution in [2.75, 3.05) is 0 Å². The normalized spacial score (nSPS) is 27.1. The number of rotatable bonds is 1. The van der Waals surface area contributed by atoms with Gasteiger partial charge in [0.05, 0.1) is 6.04 Å². The highest BCUT2D eigenvalue weighted by Crippen LogP contribution is 2.25. The van der Waals surface area contributed by atoms with Gasteiger partial charge in [-0.2, -0.15) is 0 Å². The van der Waals surface area contributed by atoms with E-state index in [0.29, 0.717) is 0 Å². The average molecular weight is 160 g/mol. The van der Waals surface area contributed by atoms with E-state index in [1.165, 1.54) is 5.56 Å². The summed E-state index contributed by atoms with van der Waals surface area (Å²) in [7, 11) is 0. The summed E-state index contributed by atoms with van der Waals surface area (Å²) >= 11 is 0. The molecule has 1 aromatic carbocycles. The van der Waals surface area contributed by atoms with Crippen LogP contribution in [0, 0.1) is 0 Å². The van der Waals surface area contributed by atoms with E-state index in [4.69, 9.17) is 4.74 Å². The van der Waals surface area contributed by atoms with Crippen LogP contribution in [0.3, 0.4) is 0 Å². The van der Waals surface area contributed by atoms with Crippen LogP contribution < -0.4 is 0 Å². The number of ether oxygens (including phenoxy) is 1. The van der Waals surface area contributed by atoms with E-state index in [9.17, 15) is 0 Å². The van der Waals surface area contributed by atoms with Crippen molar-refractivity contribution < 1.29 is 4.74 Å². The molecular formula is C10H10NO. The summed E-state index contributed by atoms with van der Waals surface area (Å²) in [6.45, 7) is 2.03. The standard InChI is InChI=1S/C10H10NO/c1-8-10(12-7-11-8)9-5-3-2-4-6-9/h2-6,8,10H,1H3. The van der Waals surface area contributed by atoms with E-state index in [2.05, 4.69) is 11.4 Å². The Bertz CT molecular complexity index is 281. The van der Waals surface area contributed by atoms with Gasteiger partial charge in [-0.05, 0) is 12.5 Å². The maximum absolute atomic E-state index is 5.23. The average Bonchev–Trinajstić information content (AvgIpc) is 2.53. The van der Waals surface area contributed by atoms with Crippen molar-refractivity contribution in [1.82, 2.24) is 0 Å². The zero-order valence-corrected chi connectivity index (χ0v) is 6.90. The highest BCUT2D eigenvalue weighted by atomic mass is 16.5. The first-order valence-electron chi connectivity index (χ1n) is 4.03. The van der Waals surface area contributed by atoms with E-state index in [1.54, 1.807) is 0 Å². The number of hydrogen-bond donors (Lipinski definition) is 0. The molecule has 1 radical (unpaired) electrons. The Labute approximate surface area is 71.9 Å². The molecule has 0 saturated carbocycles. The SMILES string of the molecule is CC1N=[C]OC1c1ccccc1. The molecule has 12 heavy (non-hydrogen) atoms. The lowest BCUT2D eigenvalue weighted by Gasteiger charge is -2.12. The summed E-state index contributed by atoms with van der Waals surface area (Å²) in [6, 6.07) is 10.3. The maximum atomic E-state index is 5.23. The summed E-state index contributed by atoms with van der Waals surface area (Å²) in [6.07, 6.45) is 2.61. The van der Waals surface area contributed by atoms with Gasteiger partial charge in [0.1, 0.15) is 6.10 Å². The zero-order chi connectivity index (χ0) is 8.39. The van der Waals surface area contributed by atoms with E-state index >= 15 is 0 Å². The number of hydrogen-bond acceptors (Lipinski definition) is 2. The molecule has 1 aliphatic rings. The van der Waals surface area contributed by atoms with Crippen LogP contribution in [0.4, 0.5) is 0 Å². The van der Waals surface area contributed by atoms with Crippen LogP contribution in [0.2, 0.25) is 0 Å². The second-order valence-electron chi connectivity index (χ2n) is 2.91. The number of benzene rings is 1. The predicted octanol–water partition coefficient (Wildman–Crippen LogP) is 2.05. The molecule has 0 aliphatic carbocycles. The maximum Gasteiger partial charge on any atom is 0.274 e. The van der Waals surface area contributed by atoms with E-state index < -0.39 is 0 Å². The lowest BCUT2D eigenvalue weighted by atomic mass is 10.0. The molecular weight excluding hydrogens is 150 g/mol. The molecule has 0 spiro atoms. The fourth-order valence-corrected chi connectivity index (χ4v) is 1.33. The van der Waals surface area contributed by atoms with Crippen molar-refractivity contribution in [2.24, 2.45) is 4.99 Å². The third-order valence-corrected chi connectivity index (χ3v) is 2.00. The van der Waals surface area contributed by atoms with Crippen molar-refractivity contribution in [1.29, 1.82) is 0 Å². The van der Waals surface area contributed by atoms with Gasteiger partial charge in [-0.3, -0.25) is 0 Å². The summed E-state index contributed by atoms with van der Waals surface area (Å²) in [5.41, 5.74) is 1.17. The molecule has 0 fully saturated rings. The fourth-order valence-electron chi connectivity index (χ4n) is 1.33. The topological polar surface area (TPSA) is 21.6 Å². The second-order valence-corrected chi connectivity index (χ2v) is 2.91. The summed E-state index contributed by atoms with van der Waals surface area (Å²) in [4.78, 5) is 4.02. The van der Waals surface area contributed by atoms with Crippen LogP contribution in [0.5, 0.6) is 0 Å². The van der Waals surface area contributed by atoms with Crippen LogP contribution in [-0.2, 0) is 4.74 Å². The Hall–Kier alpha value is -1.31. The Morgan fingerprint density at radius 3 is 2.67 bits per heavy atom. The molecule has 0 saturated heterocycles. The van der Waals surface area contributed by atoms with Crippen LogP contribution in [0.1, 0.15) is 18.6 Å². The first-order valence-corrected chi connectivity index (χ1v) is 4.03. The van der Waals surface area contributed by atoms with Gasteiger partial charge in [0.15, 0.2) is 0 Å². The molecule has 2 rings (SSSR count). The van der Waals surface area contributed by atoms with Crippen molar-refractivity contribution in [3.05, 3.63) is 35.9 Å². The molecule has 1 aliphatic heterocycles. The zero-order valence-electron chi connectivity index (χ0n) is 6.90. The van der Waals surface area contributed by atoms with E-state index in [-0.39, 0.29) is 12.1 Å². The van der Waals surface area contributed by atoms with Crippen LogP contribution in [0.15, 0.2) is 35.3 Å². The smallest absolute Gasteiger partial charge is 0.274 e. The van der Waals surface area contributed by atoms with E-state index in [0.717, 1.165) is 0 Å². The number of nitrogens with zero attached hydrogens (tertiary/aromatic N) is 1. The van der Waals surface area contributed by atoms with Gasteiger partial charge in [0.2, 0.25) is 0 Å². The molecule has 1 heterocycles. The molecule has 1 aromatic rings. The van der Waals surface area contributed by atoms with Crippen molar-refractivity contribution in [3.63, 3.8) is 0 Å². The van der Waals surface area contributed by atoms with Crippen LogP contribution in [0.25, 0.3) is 0 Å². The summed E-state index contributed by atoms with van der Waals surface area (Å²) < 4.78 is 5.23. The van der Waals surface area contributed by atoms with Crippen LogP contribution in [-0.4, -0.2) is 12.4 Å². The van der Waals surface area contributed by atoms with Gasteiger partial charge in [0, 0.05) is 0 Å². The molecule has 2 heteroatoms. The van der Waals surface area contributed by atoms with Gasteiger partial charge in [-0.1, -0.05) is 30.3 Å². The summed E-state index contributed by atoms with van der Waals surface area (Å²) in [5.74, 6) is 0. The molecule has 0 bridgehead atoms. The van der Waals surface area contributed by atoms with Crippen LogP contribution >= 0.6 is 0 Å². The van der Waals surface area contributed by atoms with Gasteiger partial charge in [0.25, 0.3) is 6.40 Å². The molecule has 61 valence electrons. The number of aliphatic imine (C=N–C) groups is 1. The third-order valence-electron chi connectivity index (χ3n) is 2.00. The first-order chi connectivity index (χ1) is 5.88. The summed E-state index contributed by atoms with van der Waals surface area (Å²) in [5, 5.41) is 0. The second kappa shape index (κ2) is 2.97. The van der Waals surface area contributed by atoms with Crippen molar-refractivity contribution in [3.8, 4) is 0 Å². The molecule has 0 amide bonds. The Balaban J connectivity index is 2.22. The Morgan fingerprint density at radius 2 is 2.08 bits per heavy atom. The van der Waals surface area contributed by atoms with Gasteiger partial charge >= 0.3 is 0 Å².